The van der Waals surface area contributed by atoms with Crippen molar-refractivity contribution in [3.63, 3.8) is 0 Å². The van der Waals surface area contributed by atoms with Gasteiger partial charge < -0.3 is 4.74 Å². The van der Waals surface area contributed by atoms with Gasteiger partial charge in [-0.3, -0.25) is 14.5 Å². The van der Waals surface area contributed by atoms with E-state index in [2.05, 4.69) is 30.3 Å². The van der Waals surface area contributed by atoms with Crippen molar-refractivity contribution < 1.29 is 14.3 Å². The maximum Gasteiger partial charge on any atom is 0.293 e. The lowest BCUT2D eigenvalue weighted by molar-refractivity contribution is -0.123. The second kappa shape index (κ2) is 9.57. The SMILES string of the molecule is Cc1ccccc1CN1C(=O)S/C(=C\c2ccc(OCc3ccc4ccccc4c3)cc2)C1=O. The van der Waals surface area contributed by atoms with Crippen LogP contribution in [-0.4, -0.2) is 16.0 Å². The quantitative estimate of drug-likeness (QED) is 0.289. The van der Waals surface area contributed by atoms with Gasteiger partial charge in [0.1, 0.15) is 12.4 Å². The number of amides is 2. The number of nitrogens with zero attached hydrogens (tertiary/aromatic N) is 1. The number of carbonyl (C=O) groups is 2. The maximum absolute atomic E-state index is 12.8. The molecule has 0 bridgehead atoms. The van der Waals surface area contributed by atoms with E-state index >= 15 is 0 Å². The molecule has 1 heterocycles. The standard InChI is InChI=1S/C29H23NO3S/c1-20-6-2-3-9-25(20)18-30-28(31)27(34-29(30)32)17-21-11-14-26(15-12-21)33-19-22-10-13-23-7-4-5-8-24(23)16-22/h2-17H,18-19H2,1H3/b27-17-. The summed E-state index contributed by atoms with van der Waals surface area (Å²) in [5.74, 6) is 0.493. The first-order valence-electron chi connectivity index (χ1n) is 11.1. The number of hydrogen-bond donors (Lipinski definition) is 0. The molecule has 1 saturated heterocycles. The van der Waals surface area contributed by atoms with Crippen molar-refractivity contribution in [2.24, 2.45) is 0 Å². The molecule has 0 radical (unpaired) electrons. The molecule has 4 nitrogen and oxygen atoms in total. The van der Waals surface area contributed by atoms with Gasteiger partial charge in [0.15, 0.2) is 0 Å². The topological polar surface area (TPSA) is 46.6 Å². The number of thioether (sulfide) groups is 1. The Morgan fingerprint density at radius 1 is 0.853 bits per heavy atom. The first-order chi connectivity index (χ1) is 16.6. The van der Waals surface area contributed by atoms with Gasteiger partial charge in [-0.2, -0.15) is 0 Å². The van der Waals surface area contributed by atoms with Crippen molar-refractivity contribution in [2.75, 3.05) is 0 Å². The van der Waals surface area contributed by atoms with Crippen LogP contribution in [0.25, 0.3) is 16.8 Å². The summed E-state index contributed by atoms with van der Waals surface area (Å²) in [5, 5.41) is 2.16. The van der Waals surface area contributed by atoms with Crippen LogP contribution in [-0.2, 0) is 17.9 Å². The molecule has 5 rings (SSSR count). The van der Waals surface area contributed by atoms with E-state index in [0.29, 0.717) is 11.5 Å². The minimum Gasteiger partial charge on any atom is -0.489 e. The Kier molecular flexibility index (Phi) is 6.19. The Bertz CT molecular complexity index is 1410. The van der Waals surface area contributed by atoms with E-state index in [4.69, 9.17) is 4.74 Å². The number of hydrogen-bond acceptors (Lipinski definition) is 4. The summed E-state index contributed by atoms with van der Waals surface area (Å²) in [5.41, 5.74) is 3.98. The Hall–Kier alpha value is -3.83. The number of fused-ring (bicyclic) bond motifs is 1. The first-order valence-corrected chi connectivity index (χ1v) is 11.9. The summed E-state index contributed by atoms with van der Waals surface area (Å²) in [4.78, 5) is 27.0. The summed E-state index contributed by atoms with van der Waals surface area (Å²) in [6.07, 6.45) is 1.76. The lowest BCUT2D eigenvalue weighted by Gasteiger charge is -2.14. The van der Waals surface area contributed by atoms with Gasteiger partial charge in [0.2, 0.25) is 0 Å². The van der Waals surface area contributed by atoms with Gasteiger partial charge in [-0.1, -0.05) is 72.8 Å². The van der Waals surface area contributed by atoms with Crippen LogP contribution >= 0.6 is 11.8 Å². The van der Waals surface area contributed by atoms with Crippen LogP contribution in [0.1, 0.15) is 22.3 Å². The zero-order chi connectivity index (χ0) is 23.5. The van der Waals surface area contributed by atoms with Crippen molar-refractivity contribution in [1.82, 2.24) is 4.90 Å². The normalized spacial score (nSPS) is 14.9. The molecule has 0 unspecified atom stereocenters. The fraction of sp³-hybridized carbons (Fsp3) is 0.103. The van der Waals surface area contributed by atoms with Crippen molar-refractivity contribution >= 4 is 39.8 Å². The second-order valence-corrected chi connectivity index (χ2v) is 9.23. The third-order valence-electron chi connectivity index (χ3n) is 5.86. The van der Waals surface area contributed by atoms with Gasteiger partial charge in [-0.25, -0.2) is 0 Å². The lowest BCUT2D eigenvalue weighted by Crippen LogP contribution is -2.27. The molecule has 1 fully saturated rings. The molecule has 0 saturated carbocycles. The van der Waals surface area contributed by atoms with Gasteiger partial charge in [0.25, 0.3) is 11.1 Å². The molecule has 0 spiro atoms. The lowest BCUT2D eigenvalue weighted by atomic mass is 10.1. The van der Waals surface area contributed by atoms with Gasteiger partial charge in [0, 0.05) is 0 Å². The van der Waals surface area contributed by atoms with Crippen LogP contribution in [0.5, 0.6) is 5.75 Å². The van der Waals surface area contributed by atoms with Crippen LogP contribution in [0.3, 0.4) is 0 Å². The molecule has 0 N–H and O–H groups in total. The van der Waals surface area contributed by atoms with Gasteiger partial charge in [0.05, 0.1) is 11.4 Å². The van der Waals surface area contributed by atoms with Crippen molar-refractivity contribution in [3.8, 4) is 5.75 Å². The van der Waals surface area contributed by atoms with E-state index in [1.54, 1.807) is 6.08 Å². The van der Waals surface area contributed by atoms with Crippen LogP contribution < -0.4 is 4.74 Å². The van der Waals surface area contributed by atoms with Crippen LogP contribution in [0.4, 0.5) is 4.79 Å². The molecule has 0 atom stereocenters. The van der Waals surface area contributed by atoms with Crippen molar-refractivity contribution in [2.45, 2.75) is 20.1 Å². The minimum absolute atomic E-state index is 0.241. The number of rotatable bonds is 6. The largest absolute Gasteiger partial charge is 0.489 e. The predicted octanol–water partition coefficient (Wildman–Crippen LogP) is 6.96. The van der Waals surface area contributed by atoms with E-state index in [-0.39, 0.29) is 17.7 Å². The molecule has 4 aromatic rings. The first kappa shape index (κ1) is 22.0. The van der Waals surface area contributed by atoms with Crippen LogP contribution in [0.15, 0.2) is 95.9 Å². The van der Waals surface area contributed by atoms with Gasteiger partial charge in [-0.05, 0) is 76.0 Å². The van der Waals surface area contributed by atoms with E-state index in [9.17, 15) is 9.59 Å². The smallest absolute Gasteiger partial charge is 0.293 e. The van der Waals surface area contributed by atoms with E-state index in [1.165, 1.54) is 15.7 Å². The summed E-state index contributed by atoms with van der Waals surface area (Å²) in [7, 11) is 0. The average Bonchev–Trinajstić information content (AvgIpc) is 3.12. The molecular weight excluding hydrogens is 442 g/mol. The zero-order valence-corrected chi connectivity index (χ0v) is 19.5. The fourth-order valence-electron chi connectivity index (χ4n) is 3.90. The summed E-state index contributed by atoms with van der Waals surface area (Å²) >= 11 is 0.982. The van der Waals surface area contributed by atoms with E-state index < -0.39 is 0 Å². The molecule has 5 heteroatoms. The van der Waals surface area contributed by atoms with Gasteiger partial charge in [-0.15, -0.1) is 0 Å². The highest BCUT2D eigenvalue weighted by Gasteiger charge is 2.35. The second-order valence-electron chi connectivity index (χ2n) is 8.23. The van der Waals surface area contributed by atoms with Crippen LogP contribution in [0, 0.1) is 6.92 Å². The molecule has 2 amide bonds. The van der Waals surface area contributed by atoms with Crippen LogP contribution in [0.2, 0.25) is 0 Å². The highest BCUT2D eigenvalue weighted by molar-refractivity contribution is 8.18. The maximum atomic E-state index is 12.8. The molecule has 0 aliphatic carbocycles. The molecule has 1 aliphatic rings. The summed E-state index contributed by atoms with van der Waals surface area (Å²) in [6.45, 7) is 2.74. The van der Waals surface area contributed by atoms with Crippen molar-refractivity contribution in [3.05, 3.63) is 118 Å². The molecule has 168 valence electrons. The Labute approximate surface area is 202 Å². The number of ether oxygens (including phenoxy) is 1. The molecule has 1 aliphatic heterocycles. The predicted molar refractivity (Wildman–Crippen MR) is 137 cm³/mol. The fourth-order valence-corrected chi connectivity index (χ4v) is 4.74. The summed E-state index contributed by atoms with van der Waals surface area (Å²) in [6, 6.07) is 29.9. The monoisotopic (exact) mass is 465 g/mol. The highest BCUT2D eigenvalue weighted by Crippen LogP contribution is 2.34. The molecule has 34 heavy (non-hydrogen) atoms. The molecule has 0 aromatic heterocycles. The Balaban J connectivity index is 1.24. The number of benzene rings is 4. The minimum atomic E-state index is -0.255. The zero-order valence-electron chi connectivity index (χ0n) is 18.7. The molecular formula is C29H23NO3S. The van der Waals surface area contributed by atoms with Gasteiger partial charge >= 0.3 is 0 Å². The highest BCUT2D eigenvalue weighted by atomic mass is 32.2. The van der Waals surface area contributed by atoms with E-state index in [0.717, 1.165) is 39.8 Å². The third-order valence-corrected chi connectivity index (χ3v) is 6.77. The Morgan fingerprint density at radius 2 is 1.59 bits per heavy atom. The number of carbonyl (C=O) groups excluding carboxylic acids is 2. The average molecular weight is 466 g/mol. The Morgan fingerprint density at radius 3 is 2.38 bits per heavy atom. The molecule has 4 aromatic carbocycles. The summed E-state index contributed by atoms with van der Waals surface area (Å²) < 4.78 is 5.94. The third kappa shape index (κ3) is 4.75. The van der Waals surface area contributed by atoms with Crippen molar-refractivity contribution in [1.29, 1.82) is 0 Å². The van der Waals surface area contributed by atoms with E-state index in [1.807, 2.05) is 67.6 Å². The number of aryl methyl sites for hydroxylation is 1. The number of imide groups is 1.